The number of aliphatic carboxylic acids is 1. The van der Waals surface area contributed by atoms with E-state index in [-0.39, 0.29) is 24.8 Å². The number of nitrogens with zero attached hydrogens (tertiary/aromatic N) is 3. The zero-order valence-electron chi connectivity index (χ0n) is 26.0. The van der Waals surface area contributed by atoms with Gasteiger partial charge in [-0.2, -0.15) is 17.6 Å². The molecule has 0 saturated heterocycles. The van der Waals surface area contributed by atoms with E-state index in [4.69, 9.17) is 20.4 Å². The molecule has 4 aromatic rings. The second-order valence-corrected chi connectivity index (χ2v) is 13.5. The number of carboxylic acid groups (broad SMARTS) is 1. The van der Waals surface area contributed by atoms with Gasteiger partial charge in [0.05, 0.1) is 18.6 Å². The first-order valence-corrected chi connectivity index (χ1v) is 16.5. The first kappa shape index (κ1) is 36.2. The SMILES string of the molecule is Cc1cn2c(CN(C(=O)Nc3ccc(C(=O)OC4CCCCC4)s3)[C@@H](Cc3ccc(O)cc3)C(N)=O)c[n+](C)c2s1.O=C([O-])C(F)(F)F. The number of urea groups is 1. The Morgan fingerprint density at radius 1 is 1.12 bits per heavy atom. The zero-order chi connectivity index (χ0) is 35.2. The van der Waals surface area contributed by atoms with Crippen molar-refractivity contribution >= 4 is 56.5 Å². The highest BCUT2D eigenvalue weighted by atomic mass is 32.1. The number of carbonyl (C=O) groups excluding carboxylic acids is 4. The quantitative estimate of drug-likeness (QED) is 0.175. The van der Waals surface area contributed by atoms with E-state index in [1.54, 1.807) is 35.6 Å². The number of nitrogens with one attached hydrogen (secondary N) is 1. The monoisotopic (exact) mass is 709 g/mol. The molecule has 0 bridgehead atoms. The molecular formula is C31H34F3N5O7S2. The van der Waals surface area contributed by atoms with Crippen molar-refractivity contribution < 1.29 is 51.9 Å². The third kappa shape index (κ3) is 9.47. The minimum atomic E-state index is -5.19. The lowest BCUT2D eigenvalue weighted by Crippen LogP contribution is -2.50. The van der Waals surface area contributed by atoms with E-state index in [1.165, 1.54) is 17.0 Å². The topological polar surface area (TPSA) is 170 Å². The average molecular weight is 710 g/mol. The van der Waals surface area contributed by atoms with Gasteiger partial charge in [-0.15, -0.1) is 11.3 Å². The van der Waals surface area contributed by atoms with E-state index < -0.39 is 36.1 Å². The van der Waals surface area contributed by atoms with Gasteiger partial charge in [0.25, 0.3) is 0 Å². The lowest BCUT2D eigenvalue weighted by atomic mass is 9.98. The molecule has 0 aliphatic heterocycles. The summed E-state index contributed by atoms with van der Waals surface area (Å²) in [7, 11) is 1.93. The van der Waals surface area contributed by atoms with Crippen LogP contribution in [0.25, 0.3) is 4.96 Å². The predicted octanol–water partition coefficient (Wildman–Crippen LogP) is 3.82. The number of hydrogen-bond acceptors (Lipinski definition) is 9. The number of thiazole rings is 1. The van der Waals surface area contributed by atoms with Crippen molar-refractivity contribution in [3.63, 3.8) is 0 Å². The van der Waals surface area contributed by atoms with Gasteiger partial charge in [-0.1, -0.05) is 29.9 Å². The van der Waals surface area contributed by atoms with E-state index in [9.17, 15) is 32.7 Å². The Labute approximate surface area is 281 Å². The number of rotatable bonds is 9. The summed E-state index contributed by atoms with van der Waals surface area (Å²) in [5, 5.41) is 21.8. The normalized spacial score (nSPS) is 14.1. The number of esters is 1. The summed E-state index contributed by atoms with van der Waals surface area (Å²) in [5.41, 5.74) is 7.42. The Bertz CT molecular complexity index is 1760. The number of fused-ring (bicyclic) bond motifs is 1. The first-order chi connectivity index (χ1) is 22.6. The van der Waals surface area contributed by atoms with Crippen LogP contribution in [0.4, 0.5) is 23.0 Å². The number of aryl methyl sites for hydroxylation is 2. The minimum Gasteiger partial charge on any atom is -0.542 e. The Balaban J connectivity index is 0.000000671. The molecule has 1 aliphatic carbocycles. The number of alkyl halides is 3. The molecule has 5 rings (SSSR count). The summed E-state index contributed by atoms with van der Waals surface area (Å²) < 4.78 is 41.2. The number of hydrogen-bond donors (Lipinski definition) is 3. The van der Waals surface area contributed by atoms with Gasteiger partial charge in [-0.3, -0.25) is 10.1 Å². The van der Waals surface area contributed by atoms with Gasteiger partial charge in [0, 0.05) is 11.3 Å². The number of ether oxygens (including phenoxy) is 1. The van der Waals surface area contributed by atoms with Crippen LogP contribution in [0.5, 0.6) is 5.75 Å². The Morgan fingerprint density at radius 3 is 2.38 bits per heavy atom. The molecular weight excluding hydrogens is 675 g/mol. The van der Waals surface area contributed by atoms with Gasteiger partial charge in [-0.25, -0.2) is 14.2 Å². The highest BCUT2D eigenvalue weighted by Gasteiger charge is 2.32. The largest absolute Gasteiger partial charge is 0.542 e. The van der Waals surface area contributed by atoms with Gasteiger partial charge >= 0.3 is 23.1 Å². The van der Waals surface area contributed by atoms with Crippen molar-refractivity contribution in [1.29, 1.82) is 0 Å². The third-order valence-electron chi connectivity index (χ3n) is 7.48. The van der Waals surface area contributed by atoms with Crippen molar-refractivity contribution in [3.05, 3.63) is 69.8 Å². The molecule has 1 aliphatic rings. The molecule has 12 nitrogen and oxygen atoms in total. The highest BCUT2D eigenvalue weighted by molar-refractivity contribution is 7.18. The van der Waals surface area contributed by atoms with E-state index in [2.05, 4.69) is 5.32 Å². The summed E-state index contributed by atoms with van der Waals surface area (Å²) in [4.78, 5) is 52.0. The molecule has 1 atom stereocenters. The maximum absolute atomic E-state index is 13.8. The number of phenolic OH excluding ortho intramolecular Hbond substituents is 1. The van der Waals surface area contributed by atoms with Gasteiger partial charge in [0.1, 0.15) is 41.1 Å². The number of imidazole rings is 1. The molecule has 258 valence electrons. The number of carbonyl (C=O) groups is 4. The smallest absolute Gasteiger partial charge is 0.430 e. The number of carboxylic acids is 1. The van der Waals surface area contributed by atoms with Crippen molar-refractivity contribution in [1.82, 2.24) is 9.30 Å². The second-order valence-electron chi connectivity index (χ2n) is 11.2. The molecule has 0 unspecified atom stereocenters. The Hall–Kier alpha value is -4.64. The van der Waals surface area contributed by atoms with Crippen molar-refractivity contribution in [2.75, 3.05) is 5.32 Å². The first-order valence-electron chi connectivity index (χ1n) is 14.8. The maximum atomic E-state index is 13.8. The molecule has 3 heterocycles. The molecule has 1 fully saturated rings. The number of nitrogens with two attached hydrogens (primary N) is 1. The molecule has 4 N–H and O–H groups in total. The number of amides is 3. The predicted molar refractivity (Wildman–Crippen MR) is 168 cm³/mol. The van der Waals surface area contributed by atoms with Gasteiger partial charge in [0.15, 0.2) is 5.69 Å². The highest BCUT2D eigenvalue weighted by Crippen LogP contribution is 2.27. The lowest BCUT2D eigenvalue weighted by Gasteiger charge is -2.29. The maximum Gasteiger partial charge on any atom is 0.430 e. The number of thiophene rings is 1. The molecule has 48 heavy (non-hydrogen) atoms. The van der Waals surface area contributed by atoms with Gasteiger partial charge in [0.2, 0.25) is 5.91 Å². The van der Waals surface area contributed by atoms with Crippen LogP contribution in [0.2, 0.25) is 0 Å². The van der Waals surface area contributed by atoms with Crippen LogP contribution in [0.15, 0.2) is 48.8 Å². The number of aromatic hydroxyl groups is 1. The number of benzene rings is 1. The zero-order valence-corrected chi connectivity index (χ0v) is 27.6. The number of anilines is 1. The van der Waals surface area contributed by atoms with Crippen LogP contribution in [-0.2, 0) is 34.3 Å². The number of primary amides is 1. The van der Waals surface area contributed by atoms with E-state index >= 15 is 0 Å². The number of aromatic nitrogens is 2. The molecule has 1 aromatic carbocycles. The van der Waals surface area contributed by atoms with Crippen molar-refractivity contribution in [3.8, 4) is 5.75 Å². The fourth-order valence-corrected chi connectivity index (χ4v) is 6.85. The fraction of sp³-hybridized carbons (Fsp3) is 0.387. The van der Waals surface area contributed by atoms with Crippen LogP contribution in [0.3, 0.4) is 0 Å². The van der Waals surface area contributed by atoms with Crippen LogP contribution in [-0.4, -0.2) is 56.6 Å². The Morgan fingerprint density at radius 2 is 1.77 bits per heavy atom. The van der Waals surface area contributed by atoms with E-state index in [0.717, 1.165) is 64.5 Å². The number of halogens is 3. The van der Waals surface area contributed by atoms with Crippen molar-refractivity contribution in [2.45, 2.75) is 70.3 Å². The standard InChI is InChI=1S/C29H33N5O5S2.C2HF3O2/c1-18-15-33-20(16-32(2)29(33)40-18)17-34(23(26(30)36)14-19-8-10-21(35)11-9-19)28(38)31-25-13-12-24(41-25)27(37)39-22-6-4-3-5-7-22;3-2(4,5)1(6)7/h8-13,15-16,22-23H,3-7,14,17H2,1-2H3,(H3-,30,31,35,36,37,38);(H,6,7)/t23-;/m0./s1. The molecule has 3 amide bonds. The van der Waals surface area contributed by atoms with Crippen LogP contribution in [0, 0.1) is 6.92 Å². The molecule has 0 radical (unpaired) electrons. The second kappa shape index (κ2) is 15.5. The van der Waals surface area contributed by atoms with Crippen molar-refractivity contribution in [2.24, 2.45) is 12.8 Å². The van der Waals surface area contributed by atoms with Gasteiger partial charge in [-0.05, 0) is 62.4 Å². The molecule has 3 aromatic heterocycles. The summed E-state index contributed by atoms with van der Waals surface area (Å²) in [6.45, 7) is 2.12. The summed E-state index contributed by atoms with van der Waals surface area (Å²) >= 11 is 2.76. The lowest BCUT2D eigenvalue weighted by molar-refractivity contribution is -0.642. The molecule has 17 heteroatoms. The van der Waals surface area contributed by atoms with Crippen LogP contribution in [0.1, 0.15) is 57.9 Å². The molecule has 1 saturated carbocycles. The Kier molecular flexibility index (Phi) is 11.7. The van der Waals surface area contributed by atoms with Crippen LogP contribution >= 0.6 is 22.7 Å². The van der Waals surface area contributed by atoms with Crippen LogP contribution < -0.4 is 20.7 Å². The van der Waals surface area contributed by atoms with Gasteiger partial charge < -0.3 is 30.4 Å². The number of phenols is 1. The minimum absolute atomic E-state index is 0.0657. The van der Waals surface area contributed by atoms with E-state index in [0.29, 0.717) is 9.88 Å². The fourth-order valence-electron chi connectivity index (χ4n) is 5.16. The molecule has 0 spiro atoms. The summed E-state index contributed by atoms with van der Waals surface area (Å²) in [6.07, 6.45) is 3.85. The van der Waals surface area contributed by atoms with E-state index in [1.807, 2.05) is 35.3 Å². The third-order valence-corrected chi connectivity index (χ3v) is 9.56. The average Bonchev–Trinajstić information content (AvgIpc) is 3.72. The summed E-state index contributed by atoms with van der Waals surface area (Å²) in [6, 6.07) is 8.25. The summed E-state index contributed by atoms with van der Waals surface area (Å²) in [5.74, 6) is -3.95.